The number of anilines is 1. The van der Waals surface area contributed by atoms with Gasteiger partial charge in [-0.05, 0) is 44.7 Å². The van der Waals surface area contributed by atoms with Crippen molar-refractivity contribution in [1.82, 2.24) is 9.78 Å². The summed E-state index contributed by atoms with van der Waals surface area (Å²) in [5.41, 5.74) is 1.47. The van der Waals surface area contributed by atoms with E-state index in [-0.39, 0.29) is 17.7 Å². The first-order chi connectivity index (χ1) is 15.2. The fourth-order valence-electron chi connectivity index (χ4n) is 4.33. The number of fused-ring (bicyclic) bond motifs is 1. The lowest BCUT2D eigenvalue weighted by Crippen LogP contribution is -2.43. The highest BCUT2D eigenvalue weighted by Gasteiger charge is 2.30. The molecule has 0 aliphatic heterocycles. The fraction of sp³-hybridized carbons (Fsp3) is 0.458. The number of pyridine rings is 1. The van der Waals surface area contributed by atoms with Gasteiger partial charge in [-0.1, -0.05) is 13.8 Å². The van der Waals surface area contributed by atoms with Crippen LogP contribution < -0.4 is 14.8 Å². The number of nitrogens with one attached hydrogen (secondary N) is 1. The maximum absolute atomic E-state index is 12.9. The number of carbonyl (C=O) groups excluding carboxylic acids is 1. The van der Waals surface area contributed by atoms with Crippen molar-refractivity contribution in [2.45, 2.75) is 64.0 Å². The Morgan fingerprint density at radius 3 is 2.69 bits per heavy atom. The van der Waals surface area contributed by atoms with Gasteiger partial charge in [0.25, 0.3) is 0 Å². The highest BCUT2D eigenvalue weighted by molar-refractivity contribution is 6.04. The molecule has 1 aliphatic carbocycles. The third kappa shape index (κ3) is 4.27. The number of aliphatic hydroxyl groups is 1. The van der Waals surface area contributed by atoms with Crippen LogP contribution in [0.15, 0.2) is 36.5 Å². The van der Waals surface area contributed by atoms with E-state index >= 15 is 0 Å². The molecule has 1 aromatic carbocycles. The zero-order valence-corrected chi connectivity index (χ0v) is 19.0. The van der Waals surface area contributed by atoms with Crippen LogP contribution in [-0.4, -0.2) is 38.7 Å². The van der Waals surface area contributed by atoms with Crippen molar-refractivity contribution in [2.75, 3.05) is 12.4 Å². The Bertz CT molecular complexity index is 1140. The van der Waals surface area contributed by atoms with Crippen LogP contribution in [0.2, 0.25) is 0 Å². The molecule has 4 rings (SSSR count). The number of benzene rings is 1. The summed E-state index contributed by atoms with van der Waals surface area (Å²) in [6.45, 7) is 5.78. The van der Waals surface area contributed by atoms with E-state index in [2.05, 4.69) is 5.32 Å². The number of hydrogen-bond acceptors (Lipinski definition) is 5. The van der Waals surface area contributed by atoms with Crippen molar-refractivity contribution >= 4 is 22.5 Å². The molecule has 2 aromatic heterocycles. The van der Waals surface area contributed by atoms with Crippen LogP contribution in [0.1, 0.15) is 74.6 Å². The number of methoxy groups -OCH3 is 1. The summed E-state index contributed by atoms with van der Waals surface area (Å²) < 4.78 is 8.39. The number of carbonyl (C=O) groups is 1. The molecule has 8 heteroatoms. The van der Waals surface area contributed by atoms with Crippen molar-refractivity contribution < 1.29 is 24.6 Å². The van der Waals surface area contributed by atoms with Gasteiger partial charge in [0.15, 0.2) is 0 Å². The molecular formula is C24H31N4O4+. The molecule has 1 fully saturated rings. The lowest BCUT2D eigenvalue weighted by molar-refractivity contribution is -0.911. The molecule has 1 amide bonds. The molecule has 0 radical (unpaired) electrons. The number of rotatable bonds is 5. The van der Waals surface area contributed by atoms with Crippen LogP contribution in [0.5, 0.6) is 5.75 Å². The average molecular weight is 440 g/mol. The maximum Gasteiger partial charge on any atom is 0.325 e. The molecule has 1 saturated carbocycles. The summed E-state index contributed by atoms with van der Waals surface area (Å²) in [5, 5.41) is 29.2. The summed E-state index contributed by atoms with van der Waals surface area (Å²) in [6, 6.07) is 8.98. The Kier molecular flexibility index (Phi) is 5.81. The monoisotopic (exact) mass is 439 g/mol. The number of amides is 1. The Balaban J connectivity index is 1.62. The number of hydrogen-bond donors (Lipinski definition) is 3. The summed E-state index contributed by atoms with van der Waals surface area (Å²) in [4.78, 5) is 12.9. The second-order valence-electron chi connectivity index (χ2n) is 9.21. The molecule has 0 unspecified atom stereocenters. The van der Waals surface area contributed by atoms with Gasteiger partial charge in [-0.2, -0.15) is 5.10 Å². The van der Waals surface area contributed by atoms with Crippen molar-refractivity contribution in [3.63, 3.8) is 0 Å². The predicted octanol–water partition coefficient (Wildman–Crippen LogP) is 3.81. The summed E-state index contributed by atoms with van der Waals surface area (Å²) >= 11 is 0. The van der Waals surface area contributed by atoms with E-state index in [0.29, 0.717) is 17.1 Å². The SMILES string of the molecule is COc1cc2nn([C@H]3CC[C@](C)(O)CC3)cc2cc1NC(=O)c1cccc(C(C)C)[n+]1O. The van der Waals surface area contributed by atoms with Crippen molar-refractivity contribution in [3.05, 3.63) is 47.9 Å². The van der Waals surface area contributed by atoms with Gasteiger partial charge >= 0.3 is 11.6 Å². The molecular weight excluding hydrogens is 408 g/mol. The van der Waals surface area contributed by atoms with Crippen LogP contribution in [-0.2, 0) is 0 Å². The smallest absolute Gasteiger partial charge is 0.325 e. The summed E-state index contributed by atoms with van der Waals surface area (Å²) in [7, 11) is 1.54. The van der Waals surface area contributed by atoms with E-state index < -0.39 is 11.5 Å². The van der Waals surface area contributed by atoms with Crippen LogP contribution >= 0.6 is 0 Å². The minimum Gasteiger partial charge on any atom is -0.494 e. The van der Waals surface area contributed by atoms with Crippen LogP contribution in [0, 0.1) is 0 Å². The van der Waals surface area contributed by atoms with Crippen LogP contribution in [0.4, 0.5) is 5.69 Å². The Hall–Kier alpha value is -3.13. The second kappa shape index (κ2) is 8.43. The summed E-state index contributed by atoms with van der Waals surface area (Å²) in [5.74, 6) is 0.120. The standard InChI is InChI=1S/C24H30N4O4/c1-15(2)20-6-5-7-21(28(20)31)23(29)25-19-12-16-14-27(26-18(16)13-22(19)32-4)17-8-10-24(3,30)11-9-17/h5-7,12-15,17,30H,8-11H2,1-4H3,(H-,25,29,31)/p+1/t17-,24-. The van der Waals surface area contributed by atoms with Crippen molar-refractivity contribution in [2.24, 2.45) is 0 Å². The molecule has 0 atom stereocenters. The quantitative estimate of drug-likeness (QED) is 0.415. The van der Waals surface area contributed by atoms with E-state index in [4.69, 9.17) is 9.84 Å². The lowest BCUT2D eigenvalue weighted by atomic mass is 9.84. The third-order valence-electron chi connectivity index (χ3n) is 6.32. The molecule has 1 aliphatic rings. The molecule has 3 N–H and O–H groups in total. The van der Waals surface area contributed by atoms with E-state index in [1.165, 1.54) is 0 Å². The average Bonchev–Trinajstić information content (AvgIpc) is 3.15. The largest absolute Gasteiger partial charge is 0.494 e. The van der Waals surface area contributed by atoms with Gasteiger partial charge in [0, 0.05) is 40.4 Å². The zero-order chi connectivity index (χ0) is 23.0. The molecule has 32 heavy (non-hydrogen) atoms. The van der Waals surface area contributed by atoms with Gasteiger partial charge in [-0.25, -0.2) is 0 Å². The van der Waals surface area contributed by atoms with Crippen molar-refractivity contribution in [3.8, 4) is 5.75 Å². The van der Waals surface area contributed by atoms with E-state index in [1.807, 2.05) is 37.7 Å². The molecule has 170 valence electrons. The molecule has 0 saturated heterocycles. The van der Waals surface area contributed by atoms with Gasteiger partial charge in [0.05, 0.1) is 30.0 Å². The Morgan fingerprint density at radius 1 is 1.31 bits per heavy atom. The minimum atomic E-state index is -0.597. The second-order valence-corrected chi connectivity index (χ2v) is 9.21. The van der Waals surface area contributed by atoms with Crippen molar-refractivity contribution in [1.29, 1.82) is 0 Å². The van der Waals surface area contributed by atoms with E-state index in [1.54, 1.807) is 31.4 Å². The highest BCUT2D eigenvalue weighted by Crippen LogP contribution is 2.36. The summed E-state index contributed by atoms with van der Waals surface area (Å²) in [6.07, 6.45) is 5.19. The fourth-order valence-corrected chi connectivity index (χ4v) is 4.33. The van der Waals surface area contributed by atoms with Gasteiger partial charge < -0.3 is 15.2 Å². The number of aromatic nitrogens is 3. The van der Waals surface area contributed by atoms with Gasteiger partial charge in [-0.3, -0.25) is 14.7 Å². The Morgan fingerprint density at radius 2 is 2.03 bits per heavy atom. The number of nitrogens with zero attached hydrogens (tertiary/aromatic N) is 3. The maximum atomic E-state index is 12.9. The molecule has 0 bridgehead atoms. The zero-order valence-electron chi connectivity index (χ0n) is 19.0. The van der Waals surface area contributed by atoms with Gasteiger partial charge in [-0.15, -0.1) is 0 Å². The molecule has 2 heterocycles. The lowest BCUT2D eigenvalue weighted by Gasteiger charge is -2.33. The first-order valence-electron chi connectivity index (χ1n) is 11.0. The van der Waals surface area contributed by atoms with Gasteiger partial charge in [0.2, 0.25) is 5.69 Å². The normalized spacial score (nSPS) is 21.1. The van der Waals surface area contributed by atoms with E-state index in [0.717, 1.165) is 41.3 Å². The topological polar surface area (TPSA) is 100 Å². The van der Waals surface area contributed by atoms with Crippen LogP contribution in [0.3, 0.4) is 0 Å². The minimum absolute atomic E-state index is 0.0629. The highest BCUT2D eigenvalue weighted by atomic mass is 16.5. The first-order valence-corrected chi connectivity index (χ1v) is 11.0. The van der Waals surface area contributed by atoms with Crippen LogP contribution in [0.25, 0.3) is 10.9 Å². The predicted molar refractivity (Wildman–Crippen MR) is 120 cm³/mol. The molecule has 3 aromatic rings. The van der Waals surface area contributed by atoms with E-state index in [9.17, 15) is 15.1 Å². The number of ether oxygens (including phenoxy) is 1. The van der Waals surface area contributed by atoms with Gasteiger partial charge in [0.1, 0.15) is 5.75 Å². The Labute approximate surface area is 187 Å². The molecule has 8 nitrogen and oxygen atoms in total. The first kappa shape index (κ1) is 22.1. The third-order valence-corrected chi connectivity index (χ3v) is 6.32. The molecule has 0 spiro atoms.